The van der Waals surface area contributed by atoms with Crippen LogP contribution in [0.4, 0.5) is 0 Å². The molecular formula is C16H26N4. The van der Waals surface area contributed by atoms with Crippen LogP contribution in [0.5, 0.6) is 0 Å². The van der Waals surface area contributed by atoms with Gasteiger partial charge in [0, 0.05) is 13.1 Å². The summed E-state index contributed by atoms with van der Waals surface area (Å²) in [6.07, 6.45) is 1.14. The molecule has 0 aliphatic rings. The van der Waals surface area contributed by atoms with Gasteiger partial charge in [0.25, 0.3) is 0 Å². The molecule has 1 aromatic heterocycles. The zero-order chi connectivity index (χ0) is 14.7. The second-order valence-electron chi connectivity index (χ2n) is 5.90. The molecule has 2 unspecified atom stereocenters. The fourth-order valence-corrected chi connectivity index (χ4v) is 2.59. The van der Waals surface area contributed by atoms with E-state index in [0.717, 1.165) is 24.3 Å². The quantitative estimate of drug-likeness (QED) is 0.879. The molecule has 0 aliphatic heterocycles. The van der Waals surface area contributed by atoms with Gasteiger partial charge in [0.05, 0.1) is 17.1 Å². The van der Waals surface area contributed by atoms with Crippen molar-refractivity contribution in [3.8, 4) is 0 Å². The largest absolute Gasteiger partial charge is 0.330 e. The van der Waals surface area contributed by atoms with Gasteiger partial charge in [0.1, 0.15) is 5.82 Å². The third-order valence-electron chi connectivity index (χ3n) is 3.75. The fourth-order valence-electron chi connectivity index (χ4n) is 2.59. The van der Waals surface area contributed by atoms with Gasteiger partial charge in [-0.2, -0.15) is 0 Å². The summed E-state index contributed by atoms with van der Waals surface area (Å²) in [7, 11) is 6.32. The number of rotatable bonds is 6. The number of aryl methyl sites for hydroxylation is 1. The van der Waals surface area contributed by atoms with Crippen LogP contribution in [-0.2, 0) is 7.05 Å². The van der Waals surface area contributed by atoms with Gasteiger partial charge in [-0.1, -0.05) is 12.1 Å². The van der Waals surface area contributed by atoms with Crippen molar-refractivity contribution in [3.63, 3.8) is 0 Å². The van der Waals surface area contributed by atoms with Crippen molar-refractivity contribution in [2.75, 3.05) is 20.6 Å². The zero-order valence-corrected chi connectivity index (χ0v) is 13.2. The molecule has 0 saturated heterocycles. The third kappa shape index (κ3) is 3.38. The van der Waals surface area contributed by atoms with E-state index in [1.54, 1.807) is 0 Å². The lowest BCUT2D eigenvalue weighted by atomic mass is 10.2. The molecule has 0 amide bonds. The Labute approximate surface area is 121 Å². The summed E-state index contributed by atoms with van der Waals surface area (Å²) in [6.45, 7) is 5.53. The molecule has 1 heterocycles. The summed E-state index contributed by atoms with van der Waals surface area (Å²) in [5.74, 6) is 1.10. The summed E-state index contributed by atoms with van der Waals surface area (Å²) in [4.78, 5) is 6.97. The first-order valence-corrected chi connectivity index (χ1v) is 7.31. The van der Waals surface area contributed by atoms with Crippen LogP contribution >= 0.6 is 0 Å². The van der Waals surface area contributed by atoms with Crippen LogP contribution in [-0.4, -0.2) is 41.1 Å². The summed E-state index contributed by atoms with van der Waals surface area (Å²) in [5.41, 5.74) is 2.26. The average Bonchev–Trinajstić information content (AvgIpc) is 2.74. The molecule has 1 aromatic carbocycles. The molecule has 0 radical (unpaired) electrons. The molecule has 0 saturated carbocycles. The minimum Gasteiger partial charge on any atom is -0.330 e. The Bertz CT molecular complexity index is 559. The lowest BCUT2D eigenvalue weighted by Gasteiger charge is -2.21. The number of para-hydroxylation sites is 2. The Kier molecular flexibility index (Phi) is 4.78. The molecule has 4 heteroatoms. The van der Waals surface area contributed by atoms with Gasteiger partial charge >= 0.3 is 0 Å². The lowest BCUT2D eigenvalue weighted by molar-refractivity contribution is 0.350. The van der Waals surface area contributed by atoms with E-state index in [-0.39, 0.29) is 6.04 Å². The molecular weight excluding hydrogens is 248 g/mol. The summed E-state index contributed by atoms with van der Waals surface area (Å²) in [6, 6.07) is 9.02. The van der Waals surface area contributed by atoms with Gasteiger partial charge in [-0.25, -0.2) is 4.98 Å². The molecule has 0 spiro atoms. The van der Waals surface area contributed by atoms with E-state index in [4.69, 9.17) is 4.98 Å². The summed E-state index contributed by atoms with van der Waals surface area (Å²) >= 11 is 0. The number of nitrogens with zero attached hydrogens (tertiary/aromatic N) is 3. The van der Waals surface area contributed by atoms with Crippen molar-refractivity contribution >= 4 is 11.0 Å². The van der Waals surface area contributed by atoms with Gasteiger partial charge in [0.2, 0.25) is 0 Å². The van der Waals surface area contributed by atoms with Crippen molar-refractivity contribution in [1.82, 2.24) is 19.8 Å². The molecule has 20 heavy (non-hydrogen) atoms. The number of nitrogens with one attached hydrogen (secondary N) is 1. The summed E-state index contributed by atoms with van der Waals surface area (Å²) < 4.78 is 2.19. The Balaban J connectivity index is 2.07. The van der Waals surface area contributed by atoms with E-state index in [9.17, 15) is 0 Å². The van der Waals surface area contributed by atoms with Crippen LogP contribution in [0.3, 0.4) is 0 Å². The van der Waals surface area contributed by atoms with Crippen molar-refractivity contribution in [1.29, 1.82) is 0 Å². The van der Waals surface area contributed by atoms with Gasteiger partial charge in [-0.15, -0.1) is 0 Å². The Morgan fingerprint density at radius 1 is 1.25 bits per heavy atom. The van der Waals surface area contributed by atoms with Crippen molar-refractivity contribution < 1.29 is 0 Å². The van der Waals surface area contributed by atoms with Crippen LogP contribution < -0.4 is 5.32 Å². The standard InChI is InChI=1S/C16H26N4/c1-12(10-11-19(3)4)17-13(2)16-18-14-8-6-7-9-15(14)20(16)5/h6-9,12-13,17H,10-11H2,1-5H3. The predicted molar refractivity (Wildman–Crippen MR) is 84.9 cm³/mol. The van der Waals surface area contributed by atoms with Crippen LogP contribution in [0.2, 0.25) is 0 Å². The number of benzene rings is 1. The average molecular weight is 274 g/mol. The van der Waals surface area contributed by atoms with E-state index in [1.807, 2.05) is 6.07 Å². The topological polar surface area (TPSA) is 33.1 Å². The first-order valence-electron chi connectivity index (χ1n) is 7.31. The number of fused-ring (bicyclic) bond motifs is 1. The van der Waals surface area contributed by atoms with Crippen LogP contribution in [0.15, 0.2) is 24.3 Å². The maximum Gasteiger partial charge on any atom is 0.126 e. The molecule has 0 aliphatic carbocycles. The molecule has 1 N–H and O–H groups in total. The van der Waals surface area contributed by atoms with Gasteiger partial charge in [-0.3, -0.25) is 0 Å². The molecule has 110 valence electrons. The minimum atomic E-state index is 0.254. The molecule has 0 fully saturated rings. The highest BCUT2D eigenvalue weighted by molar-refractivity contribution is 5.75. The third-order valence-corrected chi connectivity index (χ3v) is 3.75. The monoisotopic (exact) mass is 274 g/mol. The fraction of sp³-hybridized carbons (Fsp3) is 0.562. The SMILES string of the molecule is CC(CCN(C)C)NC(C)c1nc2ccccc2n1C. The van der Waals surface area contributed by atoms with Crippen molar-refractivity contribution in [2.24, 2.45) is 7.05 Å². The highest BCUT2D eigenvalue weighted by Crippen LogP contribution is 2.19. The normalized spacial score (nSPS) is 14.9. The highest BCUT2D eigenvalue weighted by Gasteiger charge is 2.16. The molecule has 4 nitrogen and oxygen atoms in total. The van der Waals surface area contributed by atoms with E-state index >= 15 is 0 Å². The maximum absolute atomic E-state index is 4.75. The van der Waals surface area contributed by atoms with E-state index in [2.05, 4.69) is 68.0 Å². The Morgan fingerprint density at radius 2 is 1.95 bits per heavy atom. The van der Waals surface area contributed by atoms with Gasteiger partial charge < -0.3 is 14.8 Å². The number of hydrogen-bond donors (Lipinski definition) is 1. The predicted octanol–water partition coefficient (Wildman–Crippen LogP) is 2.56. The van der Waals surface area contributed by atoms with Crippen molar-refractivity contribution in [2.45, 2.75) is 32.4 Å². The molecule has 0 bridgehead atoms. The highest BCUT2D eigenvalue weighted by atomic mass is 15.1. The van der Waals surface area contributed by atoms with E-state index in [0.29, 0.717) is 6.04 Å². The van der Waals surface area contributed by atoms with E-state index < -0.39 is 0 Å². The zero-order valence-electron chi connectivity index (χ0n) is 13.2. The van der Waals surface area contributed by atoms with Crippen molar-refractivity contribution in [3.05, 3.63) is 30.1 Å². The molecule has 2 rings (SSSR count). The summed E-state index contributed by atoms with van der Waals surface area (Å²) in [5, 5.41) is 3.64. The Morgan fingerprint density at radius 3 is 2.60 bits per heavy atom. The van der Waals surface area contributed by atoms with Crippen LogP contribution in [0.1, 0.15) is 32.1 Å². The maximum atomic E-state index is 4.75. The number of aromatic nitrogens is 2. The van der Waals surface area contributed by atoms with E-state index in [1.165, 1.54) is 5.52 Å². The minimum absolute atomic E-state index is 0.254. The number of imidazole rings is 1. The van der Waals surface area contributed by atoms with Gasteiger partial charge in [-0.05, 0) is 53.0 Å². The first kappa shape index (κ1) is 15.0. The first-order chi connectivity index (χ1) is 9.49. The second-order valence-corrected chi connectivity index (χ2v) is 5.90. The lowest BCUT2D eigenvalue weighted by Crippen LogP contribution is -2.33. The smallest absolute Gasteiger partial charge is 0.126 e. The second kappa shape index (κ2) is 6.37. The number of hydrogen-bond acceptors (Lipinski definition) is 3. The van der Waals surface area contributed by atoms with Gasteiger partial charge in [0.15, 0.2) is 0 Å². The van der Waals surface area contributed by atoms with Crippen LogP contribution in [0, 0.1) is 0 Å². The molecule has 2 aromatic rings. The molecule has 2 atom stereocenters. The Hall–Kier alpha value is -1.39. The van der Waals surface area contributed by atoms with Crippen LogP contribution in [0.25, 0.3) is 11.0 Å².